The highest BCUT2D eigenvalue weighted by atomic mass is 15.0. The normalized spacial score (nSPS) is 11.5. The van der Waals surface area contributed by atoms with Crippen LogP contribution in [0.1, 0.15) is 31.9 Å². The maximum absolute atomic E-state index is 5.46. The number of benzene rings is 2. The quantitative estimate of drug-likeness (QED) is 0.563. The first-order valence-electron chi connectivity index (χ1n) is 8.39. The Kier molecular flexibility index (Phi) is 4.45. The van der Waals surface area contributed by atoms with Gasteiger partial charge in [0.25, 0.3) is 0 Å². The molecule has 3 rings (SSSR count). The molecule has 128 valence electrons. The average molecular weight is 332 g/mol. The number of hydrogen-bond donors (Lipinski definition) is 2. The van der Waals surface area contributed by atoms with Crippen LogP contribution >= 0.6 is 0 Å². The molecule has 2 aromatic carbocycles. The van der Waals surface area contributed by atoms with Crippen molar-refractivity contribution in [2.45, 2.75) is 32.7 Å². The molecule has 1 aromatic heterocycles. The average Bonchev–Trinajstić information content (AvgIpc) is 2.58. The van der Waals surface area contributed by atoms with Gasteiger partial charge in [0.2, 0.25) is 0 Å². The van der Waals surface area contributed by atoms with Crippen LogP contribution in [-0.4, -0.2) is 10.9 Å². The number of fused-ring (bicyclic) bond motifs is 1. The minimum absolute atomic E-state index is 0.0888. The number of rotatable bonds is 3. The van der Waals surface area contributed by atoms with Gasteiger partial charge in [-0.05, 0) is 33.7 Å². The van der Waals surface area contributed by atoms with Gasteiger partial charge in [0, 0.05) is 11.6 Å². The number of para-hydroxylation sites is 1. The monoisotopic (exact) mass is 332 g/mol. The fourth-order valence-electron chi connectivity index (χ4n) is 2.94. The summed E-state index contributed by atoms with van der Waals surface area (Å²) in [6.07, 6.45) is 1.84. The van der Waals surface area contributed by atoms with E-state index in [1.807, 2.05) is 18.3 Å². The van der Waals surface area contributed by atoms with Crippen molar-refractivity contribution in [3.63, 3.8) is 0 Å². The molecular weight excluding hydrogens is 308 g/mol. The molecule has 0 amide bonds. The maximum Gasteiger partial charge on any atom is 0.186 e. The van der Waals surface area contributed by atoms with Crippen molar-refractivity contribution in [1.82, 2.24) is 4.98 Å². The standard InChI is InChI=1S/C21H24N4/c1-21(2,3)16-9-7-14(8-10-16)17-11-12-24-19-15(13-25-20(22)23)5-4-6-18(17)19/h4-12H,13H2,1-3H3,(H4,22,23,25). The Morgan fingerprint density at radius 3 is 2.36 bits per heavy atom. The lowest BCUT2D eigenvalue weighted by Crippen LogP contribution is -2.22. The first kappa shape index (κ1) is 17.0. The Hall–Kier alpha value is -2.88. The van der Waals surface area contributed by atoms with Crippen LogP contribution in [0, 0.1) is 0 Å². The summed E-state index contributed by atoms with van der Waals surface area (Å²) in [6.45, 7) is 7.10. The smallest absolute Gasteiger partial charge is 0.186 e. The Balaban J connectivity index is 2.08. The number of aliphatic imine (C=N–C) groups is 1. The van der Waals surface area contributed by atoms with Crippen LogP contribution in [0.25, 0.3) is 22.0 Å². The van der Waals surface area contributed by atoms with Crippen molar-refractivity contribution < 1.29 is 0 Å². The van der Waals surface area contributed by atoms with E-state index in [2.05, 4.69) is 67.1 Å². The third kappa shape index (κ3) is 3.63. The van der Waals surface area contributed by atoms with Crippen molar-refractivity contribution in [3.8, 4) is 11.1 Å². The van der Waals surface area contributed by atoms with Crippen LogP contribution < -0.4 is 11.5 Å². The number of guanidine groups is 1. The van der Waals surface area contributed by atoms with E-state index in [-0.39, 0.29) is 11.4 Å². The minimum Gasteiger partial charge on any atom is -0.370 e. The first-order valence-corrected chi connectivity index (χ1v) is 8.39. The first-order chi connectivity index (χ1) is 11.9. The SMILES string of the molecule is CC(C)(C)c1ccc(-c2ccnc3c(CN=C(N)N)cccc23)cc1. The molecule has 0 saturated carbocycles. The summed E-state index contributed by atoms with van der Waals surface area (Å²) < 4.78 is 0. The fourth-order valence-corrected chi connectivity index (χ4v) is 2.94. The van der Waals surface area contributed by atoms with E-state index >= 15 is 0 Å². The molecular formula is C21H24N4. The summed E-state index contributed by atoms with van der Waals surface area (Å²) in [4.78, 5) is 8.67. The molecule has 0 aliphatic heterocycles. The van der Waals surface area contributed by atoms with Gasteiger partial charge in [0.1, 0.15) is 0 Å². The molecule has 1 heterocycles. The van der Waals surface area contributed by atoms with E-state index in [1.54, 1.807) is 0 Å². The summed E-state index contributed by atoms with van der Waals surface area (Å²) in [6, 6.07) is 16.9. The highest BCUT2D eigenvalue weighted by Crippen LogP contribution is 2.31. The van der Waals surface area contributed by atoms with Gasteiger partial charge in [-0.2, -0.15) is 0 Å². The molecule has 0 aliphatic carbocycles. The molecule has 0 atom stereocenters. The molecule has 3 aromatic rings. The summed E-state index contributed by atoms with van der Waals surface area (Å²) >= 11 is 0. The zero-order chi connectivity index (χ0) is 18.0. The Bertz CT molecular complexity index is 915. The predicted molar refractivity (Wildman–Crippen MR) is 105 cm³/mol. The molecule has 25 heavy (non-hydrogen) atoms. The van der Waals surface area contributed by atoms with Gasteiger partial charge in [-0.25, -0.2) is 4.99 Å². The van der Waals surface area contributed by atoms with Crippen LogP contribution in [0.2, 0.25) is 0 Å². The Labute approximate surface area is 148 Å². The molecule has 0 bridgehead atoms. The van der Waals surface area contributed by atoms with E-state index in [4.69, 9.17) is 11.5 Å². The molecule has 0 fully saturated rings. The van der Waals surface area contributed by atoms with Gasteiger partial charge in [-0.3, -0.25) is 4.98 Å². The van der Waals surface area contributed by atoms with E-state index < -0.39 is 0 Å². The molecule has 4 heteroatoms. The van der Waals surface area contributed by atoms with E-state index in [1.165, 1.54) is 11.1 Å². The molecule has 4 N–H and O–H groups in total. The largest absolute Gasteiger partial charge is 0.370 e. The lowest BCUT2D eigenvalue weighted by atomic mass is 9.86. The minimum atomic E-state index is 0.0888. The second-order valence-corrected chi connectivity index (χ2v) is 7.24. The van der Waals surface area contributed by atoms with Gasteiger partial charge in [-0.15, -0.1) is 0 Å². The third-order valence-corrected chi connectivity index (χ3v) is 4.35. The molecule has 0 aliphatic rings. The summed E-state index contributed by atoms with van der Waals surface area (Å²) in [5.74, 6) is 0.0888. The van der Waals surface area contributed by atoms with Crippen LogP contribution in [0.5, 0.6) is 0 Å². The number of nitrogens with two attached hydrogens (primary N) is 2. The van der Waals surface area contributed by atoms with Crippen LogP contribution in [0.4, 0.5) is 0 Å². The molecule has 0 spiro atoms. The fraction of sp³-hybridized carbons (Fsp3) is 0.238. The molecule has 0 radical (unpaired) electrons. The second kappa shape index (κ2) is 6.55. The number of pyridine rings is 1. The van der Waals surface area contributed by atoms with Crippen LogP contribution in [0.15, 0.2) is 59.7 Å². The molecule has 4 nitrogen and oxygen atoms in total. The number of nitrogens with zero attached hydrogens (tertiary/aromatic N) is 2. The topological polar surface area (TPSA) is 77.3 Å². The van der Waals surface area contributed by atoms with Gasteiger partial charge >= 0.3 is 0 Å². The van der Waals surface area contributed by atoms with Gasteiger partial charge in [-0.1, -0.05) is 63.2 Å². The third-order valence-electron chi connectivity index (χ3n) is 4.35. The molecule has 0 unspecified atom stereocenters. The zero-order valence-electron chi connectivity index (χ0n) is 15.0. The lowest BCUT2D eigenvalue weighted by Gasteiger charge is -2.19. The number of aromatic nitrogens is 1. The van der Waals surface area contributed by atoms with Crippen molar-refractivity contribution >= 4 is 16.9 Å². The van der Waals surface area contributed by atoms with Crippen molar-refractivity contribution in [3.05, 3.63) is 65.9 Å². The van der Waals surface area contributed by atoms with Crippen LogP contribution in [-0.2, 0) is 12.0 Å². The molecule has 0 saturated heterocycles. The number of hydrogen-bond acceptors (Lipinski definition) is 2. The predicted octanol–water partition coefficient (Wildman–Crippen LogP) is 3.97. The van der Waals surface area contributed by atoms with Gasteiger partial charge in [0.15, 0.2) is 5.96 Å². The highest BCUT2D eigenvalue weighted by molar-refractivity contribution is 5.96. The van der Waals surface area contributed by atoms with E-state index in [0.717, 1.165) is 22.0 Å². The van der Waals surface area contributed by atoms with Crippen LogP contribution in [0.3, 0.4) is 0 Å². The lowest BCUT2D eigenvalue weighted by molar-refractivity contribution is 0.590. The van der Waals surface area contributed by atoms with Gasteiger partial charge in [0.05, 0.1) is 12.1 Å². The summed E-state index contributed by atoms with van der Waals surface area (Å²) in [5.41, 5.74) is 16.7. The Morgan fingerprint density at radius 1 is 1.00 bits per heavy atom. The van der Waals surface area contributed by atoms with Crippen molar-refractivity contribution in [1.29, 1.82) is 0 Å². The van der Waals surface area contributed by atoms with Gasteiger partial charge < -0.3 is 11.5 Å². The van der Waals surface area contributed by atoms with Crippen molar-refractivity contribution in [2.24, 2.45) is 16.5 Å². The highest BCUT2D eigenvalue weighted by Gasteiger charge is 2.14. The maximum atomic E-state index is 5.46. The van der Waals surface area contributed by atoms with E-state index in [9.17, 15) is 0 Å². The Morgan fingerprint density at radius 2 is 1.72 bits per heavy atom. The second-order valence-electron chi connectivity index (χ2n) is 7.24. The summed E-state index contributed by atoms with van der Waals surface area (Å²) in [5, 5.41) is 1.11. The van der Waals surface area contributed by atoms with Crippen molar-refractivity contribution in [2.75, 3.05) is 0 Å². The van der Waals surface area contributed by atoms with E-state index in [0.29, 0.717) is 6.54 Å². The zero-order valence-corrected chi connectivity index (χ0v) is 15.0. The summed E-state index contributed by atoms with van der Waals surface area (Å²) in [7, 11) is 0.